The minimum absolute atomic E-state index is 0.0311. The van der Waals surface area contributed by atoms with Crippen LogP contribution in [-0.2, 0) is 26.1 Å². The number of nitrogens with zero attached hydrogens (tertiary/aromatic N) is 4. The summed E-state index contributed by atoms with van der Waals surface area (Å²) in [6, 6.07) is 8.05. The highest BCUT2D eigenvalue weighted by Crippen LogP contribution is 2.39. The van der Waals surface area contributed by atoms with E-state index in [2.05, 4.69) is 26.8 Å². The van der Waals surface area contributed by atoms with Gasteiger partial charge in [0.1, 0.15) is 11.6 Å². The fraction of sp³-hybridized carbons (Fsp3) is 0.381. The number of fused-ring (bicyclic) bond motifs is 1. The Hall–Kier alpha value is -2.58. The molecule has 2 aliphatic heterocycles. The van der Waals surface area contributed by atoms with Crippen LogP contribution in [0.15, 0.2) is 50.7 Å². The summed E-state index contributed by atoms with van der Waals surface area (Å²) in [6.07, 6.45) is 1.69. The summed E-state index contributed by atoms with van der Waals surface area (Å²) in [6.45, 7) is 3.53. The molecular formula is C21H21FN4O2S. The van der Waals surface area contributed by atoms with Crippen LogP contribution >= 0.6 is 11.3 Å². The molecule has 1 fully saturated rings. The summed E-state index contributed by atoms with van der Waals surface area (Å²) in [7, 11) is 0. The Morgan fingerprint density at radius 1 is 1.03 bits per heavy atom. The van der Waals surface area contributed by atoms with Crippen molar-refractivity contribution >= 4 is 11.3 Å². The molecular weight excluding hydrogens is 391 g/mol. The van der Waals surface area contributed by atoms with Gasteiger partial charge in [-0.25, -0.2) is 9.07 Å². The van der Waals surface area contributed by atoms with Crippen LogP contribution in [0.4, 0.5) is 4.39 Å². The Morgan fingerprint density at radius 3 is 2.62 bits per heavy atom. The van der Waals surface area contributed by atoms with Gasteiger partial charge < -0.3 is 0 Å². The maximum atomic E-state index is 13.1. The quantitative estimate of drug-likeness (QED) is 0.616. The average Bonchev–Trinajstić information content (AvgIpc) is 3.43. The van der Waals surface area contributed by atoms with Crippen LogP contribution in [0.5, 0.6) is 0 Å². The van der Waals surface area contributed by atoms with Crippen molar-refractivity contribution in [2.45, 2.75) is 32.5 Å². The first kappa shape index (κ1) is 18.4. The first-order valence-corrected chi connectivity index (χ1v) is 10.6. The number of benzene rings is 1. The van der Waals surface area contributed by atoms with E-state index in [1.807, 2.05) is 0 Å². The molecule has 1 saturated heterocycles. The lowest BCUT2D eigenvalue weighted by Gasteiger charge is -2.22. The SMILES string of the molecule is O=c1c(=O)n2c(nn1Cc1ccc(F)cc1)C[C@@]1(CCN(Cc3ccsc3)C1)C2. The summed E-state index contributed by atoms with van der Waals surface area (Å²) in [5.74, 6) is 0.340. The molecule has 5 rings (SSSR count). The average molecular weight is 412 g/mol. The highest BCUT2D eigenvalue weighted by molar-refractivity contribution is 7.07. The maximum absolute atomic E-state index is 13.1. The van der Waals surface area contributed by atoms with Gasteiger partial charge in [-0.05, 0) is 53.1 Å². The van der Waals surface area contributed by atoms with E-state index in [4.69, 9.17) is 0 Å². The molecule has 0 unspecified atom stereocenters. The van der Waals surface area contributed by atoms with Gasteiger partial charge in [0, 0.05) is 31.5 Å². The summed E-state index contributed by atoms with van der Waals surface area (Å²) in [5.41, 5.74) is 0.891. The van der Waals surface area contributed by atoms with Crippen LogP contribution in [0.25, 0.3) is 0 Å². The van der Waals surface area contributed by atoms with E-state index < -0.39 is 11.1 Å². The molecule has 0 saturated carbocycles. The topological polar surface area (TPSA) is 60.1 Å². The Bertz CT molecular complexity index is 1150. The third-order valence-corrected chi connectivity index (χ3v) is 6.72. The third-order valence-electron chi connectivity index (χ3n) is 5.99. The monoisotopic (exact) mass is 412 g/mol. The number of rotatable bonds is 4. The van der Waals surface area contributed by atoms with E-state index in [1.165, 1.54) is 22.4 Å². The number of halogens is 1. The minimum Gasteiger partial charge on any atom is -0.298 e. The van der Waals surface area contributed by atoms with Gasteiger partial charge in [0.25, 0.3) is 0 Å². The van der Waals surface area contributed by atoms with Crippen molar-refractivity contribution in [2.24, 2.45) is 5.41 Å². The van der Waals surface area contributed by atoms with Gasteiger partial charge in [0.15, 0.2) is 0 Å². The second kappa shape index (κ2) is 7.03. The molecule has 2 aromatic heterocycles. The van der Waals surface area contributed by atoms with Crippen molar-refractivity contribution in [3.8, 4) is 0 Å². The van der Waals surface area contributed by atoms with Gasteiger partial charge in [-0.15, -0.1) is 0 Å². The molecule has 0 aliphatic carbocycles. The Labute approximate surface area is 170 Å². The van der Waals surface area contributed by atoms with Crippen LogP contribution < -0.4 is 11.1 Å². The first-order chi connectivity index (χ1) is 14.0. The number of likely N-dealkylation sites (tertiary alicyclic amines) is 1. The summed E-state index contributed by atoms with van der Waals surface area (Å²) in [5, 5.41) is 8.77. The number of hydrogen-bond acceptors (Lipinski definition) is 5. The lowest BCUT2D eigenvalue weighted by molar-refractivity contribution is 0.246. The predicted molar refractivity (Wildman–Crippen MR) is 109 cm³/mol. The standard InChI is InChI=1S/C21H21FN4O2S/c22-17-3-1-15(2-4-17)11-26-20(28)19(27)25-14-21(9-18(25)23-26)6-7-24(13-21)10-16-5-8-29-12-16/h1-5,8,12H,6-7,9-11,13-14H2/t21-/m1/s1. The zero-order valence-electron chi connectivity index (χ0n) is 15.9. The Morgan fingerprint density at radius 2 is 1.86 bits per heavy atom. The van der Waals surface area contributed by atoms with Crippen molar-refractivity contribution in [1.29, 1.82) is 0 Å². The molecule has 1 spiro atoms. The van der Waals surface area contributed by atoms with E-state index in [9.17, 15) is 14.0 Å². The molecule has 1 aromatic carbocycles. The molecule has 6 nitrogen and oxygen atoms in total. The molecule has 0 bridgehead atoms. The highest BCUT2D eigenvalue weighted by Gasteiger charge is 2.44. The van der Waals surface area contributed by atoms with Crippen molar-refractivity contribution in [3.63, 3.8) is 0 Å². The van der Waals surface area contributed by atoms with Crippen LogP contribution in [0.1, 0.15) is 23.4 Å². The Balaban J connectivity index is 1.38. The van der Waals surface area contributed by atoms with E-state index in [0.717, 1.165) is 31.6 Å². The minimum atomic E-state index is -0.622. The van der Waals surface area contributed by atoms with Crippen molar-refractivity contribution in [3.05, 3.63) is 84.6 Å². The van der Waals surface area contributed by atoms with Crippen molar-refractivity contribution < 1.29 is 4.39 Å². The lowest BCUT2D eigenvalue weighted by Crippen LogP contribution is -2.43. The van der Waals surface area contributed by atoms with Crippen molar-refractivity contribution in [2.75, 3.05) is 13.1 Å². The maximum Gasteiger partial charge on any atom is 0.332 e. The molecule has 3 aromatic rings. The van der Waals surface area contributed by atoms with Crippen LogP contribution in [0, 0.1) is 11.2 Å². The number of aromatic nitrogens is 3. The van der Waals surface area contributed by atoms with E-state index >= 15 is 0 Å². The van der Waals surface area contributed by atoms with E-state index in [0.29, 0.717) is 18.8 Å². The molecule has 0 radical (unpaired) electrons. The number of hydrogen-bond donors (Lipinski definition) is 0. The Kier molecular flexibility index (Phi) is 4.48. The zero-order valence-corrected chi connectivity index (χ0v) is 16.7. The molecule has 0 N–H and O–H groups in total. The molecule has 150 valence electrons. The summed E-state index contributed by atoms with van der Waals surface area (Å²) in [4.78, 5) is 27.7. The molecule has 8 heteroatoms. The molecule has 1 atom stereocenters. The lowest BCUT2D eigenvalue weighted by atomic mass is 9.86. The molecule has 4 heterocycles. The highest BCUT2D eigenvalue weighted by atomic mass is 32.1. The zero-order chi connectivity index (χ0) is 20.0. The van der Waals surface area contributed by atoms with Gasteiger partial charge in [0.05, 0.1) is 6.54 Å². The van der Waals surface area contributed by atoms with Gasteiger partial charge in [-0.1, -0.05) is 12.1 Å². The second-order valence-corrected chi connectivity index (χ2v) is 8.95. The number of thiophene rings is 1. The predicted octanol–water partition coefficient (Wildman–Crippen LogP) is 2.10. The fourth-order valence-corrected chi connectivity index (χ4v) is 5.21. The van der Waals surface area contributed by atoms with E-state index in [-0.39, 0.29) is 17.8 Å². The largest absolute Gasteiger partial charge is 0.332 e. The van der Waals surface area contributed by atoms with E-state index in [1.54, 1.807) is 28.0 Å². The third kappa shape index (κ3) is 3.47. The van der Waals surface area contributed by atoms with Gasteiger partial charge >= 0.3 is 11.1 Å². The molecule has 29 heavy (non-hydrogen) atoms. The van der Waals surface area contributed by atoms with Gasteiger partial charge in [0.2, 0.25) is 0 Å². The van der Waals surface area contributed by atoms with Gasteiger partial charge in [-0.2, -0.15) is 16.4 Å². The summed E-state index contributed by atoms with van der Waals surface area (Å²) < 4.78 is 15.9. The second-order valence-electron chi connectivity index (χ2n) is 8.17. The molecule has 2 aliphatic rings. The van der Waals surface area contributed by atoms with Crippen LogP contribution in [-0.4, -0.2) is 32.3 Å². The first-order valence-electron chi connectivity index (χ1n) is 9.70. The fourth-order valence-electron chi connectivity index (χ4n) is 4.55. The van der Waals surface area contributed by atoms with Crippen molar-refractivity contribution in [1.82, 2.24) is 19.2 Å². The summed E-state index contributed by atoms with van der Waals surface area (Å²) >= 11 is 1.70. The normalized spacial score (nSPS) is 21.1. The van der Waals surface area contributed by atoms with Crippen LogP contribution in [0.3, 0.4) is 0 Å². The van der Waals surface area contributed by atoms with Gasteiger partial charge in [-0.3, -0.25) is 19.1 Å². The van der Waals surface area contributed by atoms with Crippen LogP contribution in [0.2, 0.25) is 0 Å². The smallest absolute Gasteiger partial charge is 0.298 e. The molecule has 0 amide bonds.